The van der Waals surface area contributed by atoms with Gasteiger partial charge in [0.1, 0.15) is 6.61 Å². The quantitative estimate of drug-likeness (QED) is 0.448. The summed E-state index contributed by atoms with van der Waals surface area (Å²) in [5.41, 5.74) is 8.04. The molecule has 0 aromatic heterocycles. The Hall–Kier alpha value is -4.17. The lowest BCUT2D eigenvalue weighted by Crippen LogP contribution is -2.32. The first-order valence-corrected chi connectivity index (χ1v) is 10.8. The number of hydrogen-bond acceptors (Lipinski definition) is 5. The monoisotopic (exact) mass is 460 g/mol. The molecule has 0 radical (unpaired) electrons. The van der Waals surface area contributed by atoms with Crippen LogP contribution >= 0.6 is 0 Å². The van der Waals surface area contributed by atoms with Gasteiger partial charge in [0.2, 0.25) is 0 Å². The lowest BCUT2D eigenvalue weighted by atomic mass is 9.98. The summed E-state index contributed by atoms with van der Waals surface area (Å²) in [7, 11) is 0. The SMILES string of the molecule is Cc1cc(C(=O)NOC(C)C(=O)O)ccc1NC(=O)OCC1c2ccccc2-c2ccccc21. The molecule has 1 unspecified atom stereocenters. The van der Waals surface area contributed by atoms with E-state index < -0.39 is 24.1 Å². The Balaban J connectivity index is 1.37. The third-order valence-corrected chi connectivity index (χ3v) is 5.75. The van der Waals surface area contributed by atoms with Crippen LogP contribution in [0.5, 0.6) is 0 Å². The van der Waals surface area contributed by atoms with Crippen LogP contribution in [-0.4, -0.2) is 35.8 Å². The van der Waals surface area contributed by atoms with Crippen LogP contribution in [0.15, 0.2) is 66.7 Å². The molecule has 1 aliphatic rings. The highest BCUT2D eigenvalue weighted by molar-refractivity contribution is 5.95. The van der Waals surface area contributed by atoms with Crippen LogP contribution in [0.2, 0.25) is 0 Å². The number of aryl methyl sites for hydroxylation is 1. The fourth-order valence-electron chi connectivity index (χ4n) is 3.94. The molecule has 8 nitrogen and oxygen atoms in total. The number of carboxylic acids is 1. The minimum absolute atomic E-state index is 0.0430. The molecular formula is C26H24N2O6. The molecule has 3 aromatic carbocycles. The summed E-state index contributed by atoms with van der Waals surface area (Å²) in [4.78, 5) is 40.3. The van der Waals surface area contributed by atoms with E-state index in [4.69, 9.17) is 14.7 Å². The van der Waals surface area contributed by atoms with Crippen LogP contribution in [0.3, 0.4) is 0 Å². The van der Waals surface area contributed by atoms with Crippen LogP contribution < -0.4 is 10.8 Å². The second-order valence-corrected chi connectivity index (χ2v) is 8.01. The number of hydrogen-bond donors (Lipinski definition) is 3. The summed E-state index contributed by atoms with van der Waals surface area (Å²) in [5, 5.41) is 11.5. The maximum atomic E-state index is 12.5. The van der Waals surface area contributed by atoms with Gasteiger partial charge in [0.05, 0.1) is 0 Å². The highest BCUT2D eigenvalue weighted by Gasteiger charge is 2.29. The van der Waals surface area contributed by atoms with Crippen molar-refractivity contribution in [2.24, 2.45) is 0 Å². The van der Waals surface area contributed by atoms with Crippen LogP contribution in [0.4, 0.5) is 10.5 Å². The zero-order valence-electron chi connectivity index (χ0n) is 18.7. The minimum atomic E-state index is -1.20. The number of fused-ring (bicyclic) bond motifs is 3. The van der Waals surface area contributed by atoms with Crippen LogP contribution in [0, 0.1) is 6.92 Å². The van der Waals surface area contributed by atoms with E-state index in [0.29, 0.717) is 11.3 Å². The summed E-state index contributed by atoms with van der Waals surface area (Å²) in [5.74, 6) is -1.83. The number of nitrogens with one attached hydrogen (secondary N) is 2. The minimum Gasteiger partial charge on any atom is -0.479 e. The first-order valence-electron chi connectivity index (χ1n) is 10.8. The normalized spacial score (nSPS) is 12.9. The maximum absolute atomic E-state index is 12.5. The third-order valence-electron chi connectivity index (χ3n) is 5.75. The zero-order chi connectivity index (χ0) is 24.2. The first kappa shape index (κ1) is 23.0. The molecule has 0 bridgehead atoms. The molecular weight excluding hydrogens is 436 g/mol. The van der Waals surface area contributed by atoms with E-state index in [1.54, 1.807) is 19.1 Å². The summed E-state index contributed by atoms with van der Waals surface area (Å²) in [6.45, 7) is 3.23. The molecule has 8 heteroatoms. The average molecular weight is 460 g/mol. The van der Waals surface area contributed by atoms with Crippen LogP contribution in [-0.2, 0) is 14.4 Å². The smallest absolute Gasteiger partial charge is 0.411 e. The van der Waals surface area contributed by atoms with Crippen LogP contribution in [0.1, 0.15) is 39.9 Å². The van der Waals surface area contributed by atoms with E-state index in [1.807, 2.05) is 24.3 Å². The van der Waals surface area contributed by atoms with Gasteiger partial charge in [-0.2, -0.15) is 0 Å². The van der Waals surface area contributed by atoms with Crippen molar-refractivity contribution in [1.29, 1.82) is 0 Å². The molecule has 3 aromatic rings. The largest absolute Gasteiger partial charge is 0.479 e. The second kappa shape index (κ2) is 9.76. The molecule has 0 saturated carbocycles. The number of carboxylic acid groups (broad SMARTS) is 1. The maximum Gasteiger partial charge on any atom is 0.411 e. The van der Waals surface area contributed by atoms with Crippen molar-refractivity contribution in [3.63, 3.8) is 0 Å². The van der Waals surface area contributed by atoms with Gasteiger partial charge in [0.25, 0.3) is 5.91 Å². The van der Waals surface area contributed by atoms with E-state index in [-0.39, 0.29) is 18.1 Å². The zero-order valence-corrected chi connectivity index (χ0v) is 18.7. The number of benzene rings is 3. The Morgan fingerprint density at radius 1 is 0.971 bits per heavy atom. The number of amides is 2. The summed E-state index contributed by atoms with van der Waals surface area (Å²) in [6.07, 6.45) is -1.78. The second-order valence-electron chi connectivity index (χ2n) is 8.01. The Morgan fingerprint density at radius 3 is 2.18 bits per heavy atom. The molecule has 3 N–H and O–H groups in total. The van der Waals surface area contributed by atoms with Gasteiger partial charge in [-0.25, -0.2) is 15.1 Å². The summed E-state index contributed by atoms with van der Waals surface area (Å²) < 4.78 is 5.56. The summed E-state index contributed by atoms with van der Waals surface area (Å²) >= 11 is 0. The van der Waals surface area contributed by atoms with E-state index >= 15 is 0 Å². The van der Waals surface area contributed by atoms with Gasteiger partial charge in [-0.3, -0.25) is 14.9 Å². The summed E-state index contributed by atoms with van der Waals surface area (Å²) in [6, 6.07) is 20.8. The van der Waals surface area contributed by atoms with Crippen molar-refractivity contribution >= 4 is 23.7 Å². The van der Waals surface area contributed by atoms with E-state index in [2.05, 4.69) is 35.1 Å². The number of aliphatic carboxylic acids is 1. The van der Waals surface area contributed by atoms with Gasteiger partial charge in [-0.1, -0.05) is 48.5 Å². The molecule has 174 valence electrons. The molecule has 0 fully saturated rings. The molecule has 34 heavy (non-hydrogen) atoms. The fraction of sp³-hybridized carbons (Fsp3) is 0.192. The number of carbonyl (C=O) groups is 3. The molecule has 1 atom stereocenters. The van der Waals surface area contributed by atoms with Gasteiger partial charge in [-0.15, -0.1) is 0 Å². The average Bonchev–Trinajstić information content (AvgIpc) is 3.16. The number of rotatable bonds is 7. The van der Waals surface area contributed by atoms with Gasteiger partial charge < -0.3 is 9.84 Å². The highest BCUT2D eigenvalue weighted by atomic mass is 16.7. The number of hydroxylamine groups is 1. The lowest BCUT2D eigenvalue weighted by molar-refractivity contribution is -0.152. The van der Waals surface area contributed by atoms with Crippen molar-refractivity contribution in [1.82, 2.24) is 5.48 Å². The number of ether oxygens (including phenoxy) is 1. The molecule has 1 aliphatic carbocycles. The van der Waals surface area contributed by atoms with Gasteiger partial charge >= 0.3 is 12.1 Å². The van der Waals surface area contributed by atoms with Crippen molar-refractivity contribution < 1.29 is 29.1 Å². The molecule has 0 aliphatic heterocycles. The molecule has 2 amide bonds. The van der Waals surface area contributed by atoms with Crippen molar-refractivity contribution in [2.75, 3.05) is 11.9 Å². The topological polar surface area (TPSA) is 114 Å². The molecule has 0 saturated heterocycles. The van der Waals surface area contributed by atoms with Gasteiger partial charge in [-0.05, 0) is 59.9 Å². The molecule has 0 heterocycles. The Labute approximate surface area is 196 Å². The van der Waals surface area contributed by atoms with E-state index in [0.717, 1.165) is 22.3 Å². The first-order chi connectivity index (χ1) is 16.3. The number of carbonyl (C=O) groups excluding carboxylic acids is 2. The Morgan fingerprint density at radius 2 is 1.59 bits per heavy atom. The fourth-order valence-corrected chi connectivity index (χ4v) is 3.94. The van der Waals surface area contributed by atoms with Gasteiger partial charge in [0, 0.05) is 17.2 Å². The van der Waals surface area contributed by atoms with Crippen molar-refractivity contribution in [2.45, 2.75) is 25.9 Å². The highest BCUT2D eigenvalue weighted by Crippen LogP contribution is 2.44. The third kappa shape index (κ3) is 4.77. The predicted molar refractivity (Wildman–Crippen MR) is 126 cm³/mol. The standard InChI is InChI=1S/C26H24N2O6/c1-15-13-17(24(29)28-34-16(2)25(30)31)11-12-23(15)27-26(32)33-14-22-20-9-5-3-7-18(20)19-8-4-6-10-21(19)22/h3-13,16,22H,14H2,1-2H3,(H,27,32)(H,28,29)(H,30,31). The Kier molecular flexibility index (Phi) is 6.60. The van der Waals surface area contributed by atoms with E-state index in [9.17, 15) is 14.4 Å². The predicted octanol–water partition coefficient (Wildman–Crippen LogP) is 4.49. The molecule has 4 rings (SSSR count). The van der Waals surface area contributed by atoms with Crippen LogP contribution in [0.25, 0.3) is 11.1 Å². The lowest BCUT2D eigenvalue weighted by Gasteiger charge is -2.15. The van der Waals surface area contributed by atoms with Crippen molar-refractivity contribution in [3.05, 3.63) is 89.0 Å². The van der Waals surface area contributed by atoms with Crippen molar-refractivity contribution in [3.8, 4) is 11.1 Å². The number of anilines is 1. The molecule has 0 spiro atoms. The van der Waals surface area contributed by atoms with E-state index in [1.165, 1.54) is 13.0 Å². The Bertz CT molecular complexity index is 1210. The van der Waals surface area contributed by atoms with Gasteiger partial charge in [0.15, 0.2) is 6.10 Å².